The summed E-state index contributed by atoms with van der Waals surface area (Å²) in [4.78, 5) is 46.7. The number of aromatic nitrogens is 4. The van der Waals surface area contributed by atoms with Gasteiger partial charge in [0, 0.05) is 11.2 Å². The molecule has 1 aliphatic heterocycles. The summed E-state index contributed by atoms with van der Waals surface area (Å²) in [6, 6.07) is -1.16. The molecular formula is C23H35ClFN6O9PS. The van der Waals surface area contributed by atoms with Crippen molar-refractivity contribution in [2.45, 2.75) is 77.3 Å². The number of nitrogens with two attached hydrogens (primary N) is 1. The Hall–Kier alpha value is -2.11. The van der Waals surface area contributed by atoms with E-state index in [1.807, 2.05) is 0 Å². The van der Waals surface area contributed by atoms with Crippen LogP contribution in [-0.4, -0.2) is 84.2 Å². The Morgan fingerprint density at radius 2 is 2.05 bits per heavy atom. The van der Waals surface area contributed by atoms with E-state index in [-0.39, 0.29) is 34.6 Å². The number of halogens is 2. The van der Waals surface area contributed by atoms with Crippen LogP contribution in [0.1, 0.15) is 47.8 Å². The Morgan fingerprint density at radius 1 is 1.38 bits per heavy atom. The first-order valence-corrected chi connectivity index (χ1v) is 15.7. The third-order valence-corrected chi connectivity index (χ3v) is 9.11. The summed E-state index contributed by atoms with van der Waals surface area (Å²) in [6.45, 7) is 8.93. The second-order valence-corrected chi connectivity index (χ2v) is 14.2. The highest BCUT2D eigenvalue weighted by molar-refractivity contribution is 8.13. The van der Waals surface area contributed by atoms with Gasteiger partial charge in [0.05, 0.1) is 25.6 Å². The van der Waals surface area contributed by atoms with Crippen molar-refractivity contribution in [3.05, 3.63) is 16.7 Å². The lowest BCUT2D eigenvalue weighted by atomic mass is 10.00. The van der Waals surface area contributed by atoms with Crippen LogP contribution in [0.4, 0.5) is 10.3 Å². The Morgan fingerprint density at radius 3 is 2.67 bits per heavy atom. The first-order valence-electron chi connectivity index (χ1n) is 12.8. The number of aliphatic hydroxyl groups excluding tert-OH is 1. The minimum atomic E-state index is -4.35. The number of fused-ring (bicyclic) bond motifs is 1. The van der Waals surface area contributed by atoms with Crippen LogP contribution < -0.4 is 16.4 Å². The Bertz CT molecular complexity index is 1400. The highest BCUT2D eigenvalue weighted by atomic mass is 35.5. The smallest absolute Gasteiger partial charge is 0.406 e. The van der Waals surface area contributed by atoms with E-state index in [1.165, 1.54) is 6.92 Å². The van der Waals surface area contributed by atoms with Gasteiger partial charge in [-0.1, -0.05) is 44.1 Å². The van der Waals surface area contributed by atoms with Gasteiger partial charge in [-0.05, 0) is 20.8 Å². The molecule has 0 amide bonds. The number of alkyl halides is 2. The maximum atomic E-state index is 15.6. The van der Waals surface area contributed by atoms with Crippen LogP contribution in [0.5, 0.6) is 0 Å². The van der Waals surface area contributed by atoms with Gasteiger partial charge < -0.3 is 20.3 Å². The maximum absolute atomic E-state index is 15.6. The van der Waals surface area contributed by atoms with Crippen molar-refractivity contribution in [3.8, 4) is 0 Å². The number of carbonyl (C=O) groups excluding carboxylic acids is 2. The summed E-state index contributed by atoms with van der Waals surface area (Å²) in [5.74, 6) is -0.911. The van der Waals surface area contributed by atoms with Crippen molar-refractivity contribution >= 4 is 59.3 Å². The average molecular weight is 657 g/mol. The second kappa shape index (κ2) is 13.3. The SMILES string of the molecule is CC(C)OC(=O)[C@@H](C)NP(=O)(OCCSC(=O)C(C)(C)C)OC[C@H]1O[C@@H](n2cnc3c(=O)[nH]c(N)nc32)[C@](F)(Cl)[C@@H]1O. The maximum Gasteiger partial charge on any atom is 0.406 e. The van der Waals surface area contributed by atoms with Crippen LogP contribution in [0.3, 0.4) is 0 Å². The standard InChI is InChI=1S/C23H35ClFN6O9PS/c1-11(2)39-18(34)12(3)30-41(36,37-7-8-42-20(35)22(4,5)6)38-9-13-15(32)23(24,25)19(40-13)31-10-27-14-16(31)28-21(26)29-17(14)33/h10-13,15,19,32H,7-9H2,1-6H3,(H,30,36)(H3,26,28,29,33)/t12-,13-,15-,19-,23+,41?/m1/s1. The molecule has 1 unspecified atom stereocenters. The number of thioether (sulfide) groups is 1. The number of esters is 1. The largest absolute Gasteiger partial charge is 0.462 e. The van der Waals surface area contributed by atoms with E-state index in [0.717, 1.165) is 22.7 Å². The molecule has 2 aromatic heterocycles. The summed E-state index contributed by atoms with van der Waals surface area (Å²) >= 11 is 7.00. The predicted octanol–water partition coefficient (Wildman–Crippen LogP) is 2.24. The summed E-state index contributed by atoms with van der Waals surface area (Å²) in [7, 11) is -4.35. The van der Waals surface area contributed by atoms with Gasteiger partial charge in [0.1, 0.15) is 18.2 Å². The molecule has 0 spiro atoms. The van der Waals surface area contributed by atoms with Gasteiger partial charge in [-0.3, -0.25) is 33.0 Å². The lowest BCUT2D eigenvalue weighted by Crippen LogP contribution is -2.39. The predicted molar refractivity (Wildman–Crippen MR) is 152 cm³/mol. The third kappa shape index (κ3) is 8.08. The number of carbonyl (C=O) groups is 2. The Kier molecular flexibility index (Phi) is 10.9. The van der Waals surface area contributed by atoms with Crippen molar-refractivity contribution in [2.24, 2.45) is 5.41 Å². The summed E-state index contributed by atoms with van der Waals surface area (Å²) in [5, 5.41) is 10.0. The minimum absolute atomic E-state index is 0.110. The minimum Gasteiger partial charge on any atom is -0.462 e. The van der Waals surface area contributed by atoms with Gasteiger partial charge in [0.2, 0.25) is 5.95 Å². The highest BCUT2D eigenvalue weighted by Gasteiger charge is 2.58. The van der Waals surface area contributed by atoms with Crippen LogP contribution in [0.25, 0.3) is 11.2 Å². The molecule has 1 saturated heterocycles. The van der Waals surface area contributed by atoms with Crippen molar-refractivity contribution in [2.75, 3.05) is 24.7 Å². The number of H-pyrrole nitrogens is 1. The molecule has 0 radical (unpaired) electrons. The lowest BCUT2D eigenvalue weighted by molar-refractivity contribution is -0.149. The van der Waals surface area contributed by atoms with E-state index in [4.69, 9.17) is 35.9 Å². The van der Waals surface area contributed by atoms with Crippen LogP contribution in [0.2, 0.25) is 0 Å². The van der Waals surface area contributed by atoms with E-state index < -0.39 is 67.0 Å². The first kappa shape index (κ1) is 34.4. The molecule has 0 aromatic carbocycles. The monoisotopic (exact) mass is 656 g/mol. The van der Waals surface area contributed by atoms with Crippen LogP contribution in [-0.2, 0) is 32.7 Å². The number of hydrogen-bond acceptors (Lipinski definition) is 13. The normalized spacial score (nSPS) is 25.0. The fraction of sp³-hybridized carbons (Fsp3) is 0.696. The summed E-state index contributed by atoms with van der Waals surface area (Å²) in [5.41, 5.74) is 3.96. The zero-order chi connectivity index (χ0) is 31.6. The number of rotatable bonds is 12. The molecule has 1 fully saturated rings. The van der Waals surface area contributed by atoms with E-state index >= 15 is 4.39 Å². The molecule has 236 valence electrons. The van der Waals surface area contributed by atoms with Gasteiger partial charge in [-0.25, -0.2) is 19.0 Å². The number of anilines is 1. The molecule has 0 aliphatic carbocycles. The van der Waals surface area contributed by atoms with Gasteiger partial charge in [-0.15, -0.1) is 0 Å². The molecule has 3 heterocycles. The Balaban J connectivity index is 1.77. The van der Waals surface area contributed by atoms with Crippen molar-refractivity contribution in [1.82, 2.24) is 24.6 Å². The van der Waals surface area contributed by atoms with Crippen molar-refractivity contribution in [1.29, 1.82) is 0 Å². The molecule has 5 N–H and O–H groups in total. The van der Waals surface area contributed by atoms with Crippen molar-refractivity contribution < 1.29 is 42.2 Å². The average Bonchev–Trinajstić information content (AvgIpc) is 3.37. The summed E-state index contributed by atoms with van der Waals surface area (Å²) < 4.78 is 51.9. The van der Waals surface area contributed by atoms with Crippen LogP contribution >= 0.6 is 31.1 Å². The number of imidazole rings is 1. The quantitative estimate of drug-likeness (QED) is 0.112. The zero-order valence-corrected chi connectivity index (χ0v) is 26.3. The van der Waals surface area contributed by atoms with Gasteiger partial charge >= 0.3 is 13.7 Å². The fourth-order valence-electron chi connectivity index (χ4n) is 3.64. The number of nitrogens with zero attached hydrogens (tertiary/aromatic N) is 3. The van der Waals surface area contributed by atoms with Gasteiger partial charge in [0.25, 0.3) is 10.7 Å². The number of nitrogen functional groups attached to an aromatic ring is 1. The topological polar surface area (TPSA) is 210 Å². The van der Waals surface area contributed by atoms with E-state index in [2.05, 4.69) is 20.0 Å². The van der Waals surface area contributed by atoms with E-state index in [0.29, 0.717) is 0 Å². The number of aromatic amines is 1. The molecule has 6 atom stereocenters. The number of aliphatic hydroxyl groups is 1. The number of ether oxygens (including phenoxy) is 2. The molecule has 0 bridgehead atoms. The van der Waals surface area contributed by atoms with E-state index in [9.17, 15) is 24.1 Å². The zero-order valence-electron chi connectivity index (χ0n) is 23.8. The van der Waals surface area contributed by atoms with Crippen LogP contribution in [0, 0.1) is 5.41 Å². The van der Waals surface area contributed by atoms with E-state index in [1.54, 1.807) is 34.6 Å². The second-order valence-electron chi connectivity index (χ2n) is 10.8. The molecule has 0 saturated carbocycles. The number of nitrogens with one attached hydrogen (secondary N) is 2. The Labute approximate surface area is 249 Å². The first-order chi connectivity index (χ1) is 19.4. The van der Waals surface area contributed by atoms with Crippen molar-refractivity contribution in [3.63, 3.8) is 0 Å². The molecule has 19 heteroatoms. The molecule has 1 aliphatic rings. The highest BCUT2D eigenvalue weighted by Crippen LogP contribution is 2.49. The summed E-state index contributed by atoms with van der Waals surface area (Å²) in [6.07, 6.45) is -4.71. The number of hydrogen-bond donors (Lipinski definition) is 4. The molecular weight excluding hydrogens is 622 g/mol. The molecule has 2 aromatic rings. The lowest BCUT2D eigenvalue weighted by Gasteiger charge is -2.25. The van der Waals surface area contributed by atoms with Crippen LogP contribution in [0.15, 0.2) is 11.1 Å². The van der Waals surface area contributed by atoms with Gasteiger partial charge in [0.15, 0.2) is 22.5 Å². The fourth-order valence-corrected chi connectivity index (χ4v) is 6.32. The molecule has 15 nitrogen and oxygen atoms in total. The molecule has 3 rings (SSSR count). The molecule has 42 heavy (non-hydrogen) atoms. The third-order valence-electron chi connectivity index (χ3n) is 5.74. The van der Waals surface area contributed by atoms with Gasteiger partial charge in [-0.2, -0.15) is 4.98 Å².